The molecular weight excluding hydrogens is 199 g/mol. The molecule has 5 heteroatoms. The van der Waals surface area contributed by atoms with E-state index in [-0.39, 0.29) is 22.9 Å². The normalized spacial score (nSPS) is 9.87. The lowest BCUT2D eigenvalue weighted by Gasteiger charge is -2.14. The third kappa shape index (κ3) is 2.18. The van der Waals surface area contributed by atoms with Gasteiger partial charge in [0.05, 0.1) is 18.4 Å². The number of nitrogens with zero attached hydrogens (tertiary/aromatic N) is 1. The van der Waals surface area contributed by atoms with Gasteiger partial charge in [-0.05, 0) is 6.07 Å². The number of rotatable bonds is 2. The number of amides is 1. The van der Waals surface area contributed by atoms with Crippen LogP contribution in [-0.4, -0.2) is 32.0 Å². The molecule has 0 bridgehead atoms. The number of nitrogen functional groups attached to an aromatic ring is 1. The van der Waals surface area contributed by atoms with E-state index in [1.165, 1.54) is 18.1 Å². The number of methoxy groups -OCH3 is 1. The van der Waals surface area contributed by atoms with Gasteiger partial charge in [-0.2, -0.15) is 0 Å². The van der Waals surface area contributed by atoms with Crippen LogP contribution in [0.25, 0.3) is 0 Å². The summed E-state index contributed by atoms with van der Waals surface area (Å²) in [6.45, 7) is 0. The van der Waals surface area contributed by atoms with Crippen molar-refractivity contribution in [3.05, 3.63) is 23.5 Å². The van der Waals surface area contributed by atoms with E-state index in [1.54, 1.807) is 14.1 Å². The Labute approximate surface area is 87.4 Å². The minimum Gasteiger partial charge on any atom is -0.496 e. The molecule has 2 N–H and O–H groups in total. The van der Waals surface area contributed by atoms with Gasteiger partial charge in [0.2, 0.25) is 0 Å². The summed E-state index contributed by atoms with van der Waals surface area (Å²) >= 11 is 0. The summed E-state index contributed by atoms with van der Waals surface area (Å²) in [6.07, 6.45) is 0. The Hall–Kier alpha value is -1.78. The van der Waals surface area contributed by atoms with Gasteiger partial charge in [0.1, 0.15) is 11.6 Å². The van der Waals surface area contributed by atoms with E-state index in [4.69, 9.17) is 10.5 Å². The SMILES string of the molecule is COc1cc(N)c(F)cc1C(=O)N(C)C. The van der Waals surface area contributed by atoms with E-state index < -0.39 is 5.82 Å². The Balaban J connectivity index is 3.27. The summed E-state index contributed by atoms with van der Waals surface area (Å²) in [7, 11) is 4.56. The van der Waals surface area contributed by atoms with E-state index in [0.717, 1.165) is 6.07 Å². The van der Waals surface area contributed by atoms with Gasteiger partial charge in [0.15, 0.2) is 0 Å². The molecule has 1 aromatic rings. The summed E-state index contributed by atoms with van der Waals surface area (Å²) in [5.74, 6) is -0.681. The van der Waals surface area contributed by atoms with Crippen LogP contribution in [0.4, 0.5) is 10.1 Å². The molecule has 0 aliphatic carbocycles. The minimum atomic E-state index is -0.624. The van der Waals surface area contributed by atoms with Crippen molar-refractivity contribution in [2.45, 2.75) is 0 Å². The molecule has 1 rings (SSSR count). The largest absolute Gasteiger partial charge is 0.496 e. The third-order valence-corrected chi connectivity index (χ3v) is 1.96. The smallest absolute Gasteiger partial charge is 0.257 e. The van der Waals surface area contributed by atoms with Crippen LogP contribution >= 0.6 is 0 Å². The zero-order chi connectivity index (χ0) is 11.6. The van der Waals surface area contributed by atoms with Crippen LogP contribution in [0.1, 0.15) is 10.4 Å². The molecule has 82 valence electrons. The fourth-order valence-corrected chi connectivity index (χ4v) is 1.15. The molecule has 1 amide bonds. The van der Waals surface area contributed by atoms with Crippen LogP contribution in [0.15, 0.2) is 12.1 Å². The molecule has 0 radical (unpaired) electrons. The second-order valence-corrected chi connectivity index (χ2v) is 3.27. The number of hydrogen-bond acceptors (Lipinski definition) is 3. The van der Waals surface area contributed by atoms with Crippen molar-refractivity contribution in [1.29, 1.82) is 0 Å². The van der Waals surface area contributed by atoms with E-state index in [9.17, 15) is 9.18 Å². The predicted octanol–water partition coefficient (Wildman–Crippen LogP) is 1.12. The van der Waals surface area contributed by atoms with Crippen molar-refractivity contribution >= 4 is 11.6 Å². The Bertz CT molecular complexity index is 391. The summed E-state index contributed by atoms with van der Waals surface area (Å²) in [6, 6.07) is 2.38. The predicted molar refractivity (Wildman–Crippen MR) is 55.4 cm³/mol. The van der Waals surface area contributed by atoms with Crippen molar-refractivity contribution in [1.82, 2.24) is 4.90 Å². The molecule has 0 aromatic heterocycles. The Morgan fingerprint density at radius 1 is 1.47 bits per heavy atom. The Kier molecular flexibility index (Phi) is 3.14. The molecule has 4 nitrogen and oxygen atoms in total. The molecule has 0 aliphatic rings. The lowest BCUT2D eigenvalue weighted by molar-refractivity contribution is 0.0824. The van der Waals surface area contributed by atoms with Gasteiger partial charge in [0.25, 0.3) is 5.91 Å². The highest BCUT2D eigenvalue weighted by atomic mass is 19.1. The summed E-state index contributed by atoms with van der Waals surface area (Å²) < 4.78 is 18.1. The Morgan fingerprint density at radius 3 is 2.53 bits per heavy atom. The van der Waals surface area contributed by atoms with Crippen LogP contribution < -0.4 is 10.5 Å². The van der Waals surface area contributed by atoms with Gasteiger partial charge in [-0.25, -0.2) is 4.39 Å². The maximum absolute atomic E-state index is 13.2. The van der Waals surface area contributed by atoms with Crippen LogP contribution in [0.5, 0.6) is 5.75 Å². The van der Waals surface area contributed by atoms with Crippen LogP contribution in [0, 0.1) is 5.82 Å². The van der Waals surface area contributed by atoms with E-state index >= 15 is 0 Å². The average Bonchev–Trinajstić information content (AvgIpc) is 2.20. The molecule has 0 atom stereocenters. The van der Waals surface area contributed by atoms with Crippen molar-refractivity contribution < 1.29 is 13.9 Å². The van der Waals surface area contributed by atoms with Crippen LogP contribution in [0.2, 0.25) is 0 Å². The summed E-state index contributed by atoms with van der Waals surface area (Å²) in [4.78, 5) is 13.0. The molecule has 0 unspecified atom stereocenters. The first kappa shape index (κ1) is 11.3. The highest BCUT2D eigenvalue weighted by Gasteiger charge is 2.16. The highest BCUT2D eigenvalue weighted by Crippen LogP contribution is 2.25. The van der Waals surface area contributed by atoms with Crippen molar-refractivity contribution in [2.75, 3.05) is 26.9 Å². The van der Waals surface area contributed by atoms with Gasteiger partial charge < -0.3 is 15.4 Å². The molecule has 0 saturated carbocycles. The monoisotopic (exact) mass is 212 g/mol. The first-order valence-corrected chi connectivity index (χ1v) is 4.32. The fraction of sp³-hybridized carbons (Fsp3) is 0.300. The number of nitrogens with two attached hydrogens (primary N) is 1. The van der Waals surface area contributed by atoms with Crippen molar-refractivity contribution in [2.24, 2.45) is 0 Å². The van der Waals surface area contributed by atoms with Gasteiger partial charge in [-0.3, -0.25) is 4.79 Å². The quantitative estimate of drug-likeness (QED) is 0.747. The maximum Gasteiger partial charge on any atom is 0.257 e. The standard InChI is InChI=1S/C10H13FN2O2/c1-13(2)10(14)6-4-7(11)8(12)5-9(6)15-3/h4-5H,12H2,1-3H3. The van der Waals surface area contributed by atoms with Gasteiger partial charge in [-0.15, -0.1) is 0 Å². The maximum atomic E-state index is 13.2. The van der Waals surface area contributed by atoms with Gasteiger partial charge in [-0.1, -0.05) is 0 Å². The second kappa shape index (κ2) is 4.16. The molecule has 15 heavy (non-hydrogen) atoms. The third-order valence-electron chi connectivity index (χ3n) is 1.96. The Morgan fingerprint density at radius 2 is 2.07 bits per heavy atom. The first-order chi connectivity index (χ1) is 6.97. The van der Waals surface area contributed by atoms with Crippen LogP contribution in [0.3, 0.4) is 0 Å². The van der Waals surface area contributed by atoms with E-state index in [0.29, 0.717) is 0 Å². The van der Waals surface area contributed by atoms with Gasteiger partial charge in [0, 0.05) is 20.2 Å². The summed E-state index contributed by atoms with van der Waals surface area (Å²) in [5.41, 5.74) is 5.48. The molecule has 0 saturated heterocycles. The molecule has 0 fully saturated rings. The van der Waals surface area contributed by atoms with Crippen LogP contribution in [-0.2, 0) is 0 Å². The average molecular weight is 212 g/mol. The number of benzene rings is 1. The zero-order valence-electron chi connectivity index (χ0n) is 8.87. The van der Waals surface area contributed by atoms with Gasteiger partial charge >= 0.3 is 0 Å². The van der Waals surface area contributed by atoms with E-state index in [1.807, 2.05) is 0 Å². The number of halogens is 1. The minimum absolute atomic E-state index is 0.0397. The lowest BCUT2D eigenvalue weighted by atomic mass is 10.1. The lowest BCUT2D eigenvalue weighted by Crippen LogP contribution is -2.22. The fourth-order valence-electron chi connectivity index (χ4n) is 1.15. The molecule has 0 heterocycles. The summed E-state index contributed by atoms with van der Waals surface area (Å²) in [5, 5.41) is 0. The molecule has 0 spiro atoms. The van der Waals surface area contributed by atoms with Crippen molar-refractivity contribution in [3.63, 3.8) is 0 Å². The van der Waals surface area contributed by atoms with Crippen molar-refractivity contribution in [3.8, 4) is 5.75 Å². The topological polar surface area (TPSA) is 55.6 Å². The van der Waals surface area contributed by atoms with E-state index in [2.05, 4.69) is 0 Å². The first-order valence-electron chi connectivity index (χ1n) is 4.32. The zero-order valence-corrected chi connectivity index (χ0v) is 8.87. The number of carbonyl (C=O) groups excluding carboxylic acids is 1. The number of hydrogen-bond donors (Lipinski definition) is 1. The molecule has 1 aromatic carbocycles. The molecule has 0 aliphatic heterocycles. The highest BCUT2D eigenvalue weighted by molar-refractivity contribution is 5.97. The number of ether oxygens (including phenoxy) is 1. The number of anilines is 1. The second-order valence-electron chi connectivity index (χ2n) is 3.27. The number of carbonyl (C=O) groups is 1. The molecular formula is C10H13FN2O2.